The maximum Gasteiger partial charge on any atom is 0.257 e. The summed E-state index contributed by atoms with van der Waals surface area (Å²) in [7, 11) is 1.54. The zero-order valence-corrected chi connectivity index (χ0v) is 32.4. The summed E-state index contributed by atoms with van der Waals surface area (Å²) in [6, 6.07) is 10.8. The van der Waals surface area contributed by atoms with Crippen LogP contribution < -0.4 is 36.2 Å². The second-order valence-electron chi connectivity index (χ2n) is 15.7. The number of carbonyl (C=O) groups excluding carboxylic acids is 4. The number of fused-ring (bicyclic) bond motifs is 1. The van der Waals surface area contributed by atoms with Gasteiger partial charge >= 0.3 is 0 Å². The fraction of sp³-hybridized carbons (Fsp3) is 0.488. The highest BCUT2D eigenvalue weighted by Gasteiger charge is 2.30. The van der Waals surface area contributed by atoms with E-state index in [0.717, 1.165) is 112 Å². The summed E-state index contributed by atoms with van der Waals surface area (Å²) >= 11 is 0. The molecule has 300 valence electrons. The number of nitrogens with two attached hydrogens (primary N) is 1. The maximum absolute atomic E-state index is 13.3. The normalized spacial score (nSPS) is 20.1. The van der Waals surface area contributed by atoms with Crippen LogP contribution in [0.15, 0.2) is 48.8 Å². The molecule has 2 aromatic heterocycles. The molecule has 4 fully saturated rings. The van der Waals surface area contributed by atoms with E-state index in [1.54, 1.807) is 6.07 Å². The Morgan fingerprint density at radius 3 is 2.44 bits per heavy atom. The van der Waals surface area contributed by atoms with Crippen LogP contribution in [-0.4, -0.2) is 107 Å². The second-order valence-corrected chi connectivity index (χ2v) is 15.7. The van der Waals surface area contributed by atoms with Crippen molar-refractivity contribution in [3.63, 3.8) is 0 Å². The van der Waals surface area contributed by atoms with Crippen molar-refractivity contribution in [1.82, 2.24) is 35.5 Å². The van der Waals surface area contributed by atoms with Crippen LogP contribution in [0.25, 0.3) is 10.9 Å². The first-order valence-corrected chi connectivity index (χ1v) is 20.2. The van der Waals surface area contributed by atoms with E-state index in [-0.39, 0.29) is 30.5 Å². The number of aromatic nitrogens is 4. The highest BCUT2D eigenvalue weighted by Crippen LogP contribution is 2.35. The molecule has 4 aromatic rings. The molecule has 16 nitrogen and oxygen atoms in total. The fourth-order valence-corrected chi connectivity index (χ4v) is 8.70. The lowest BCUT2D eigenvalue weighted by molar-refractivity contribution is -0.134. The number of likely N-dealkylation sites (tertiary alicyclic amines) is 1. The Morgan fingerprint density at radius 1 is 0.912 bits per heavy atom. The Labute approximate surface area is 331 Å². The summed E-state index contributed by atoms with van der Waals surface area (Å²) in [4.78, 5) is 57.2. The molecule has 1 atom stereocenters. The number of amides is 4. The van der Waals surface area contributed by atoms with Gasteiger partial charge in [0.1, 0.15) is 17.6 Å². The molecule has 4 saturated heterocycles. The molecule has 0 spiro atoms. The molecule has 0 radical (unpaired) electrons. The van der Waals surface area contributed by atoms with Gasteiger partial charge in [-0.15, -0.1) is 5.10 Å². The van der Waals surface area contributed by atoms with Gasteiger partial charge in [0, 0.05) is 75.6 Å². The van der Waals surface area contributed by atoms with Gasteiger partial charge in [-0.2, -0.15) is 10.2 Å². The lowest BCUT2D eigenvalue weighted by Gasteiger charge is -2.38. The second kappa shape index (κ2) is 16.8. The summed E-state index contributed by atoms with van der Waals surface area (Å²) in [5, 5.41) is 21.8. The zero-order chi connectivity index (χ0) is 39.5. The molecule has 6 heterocycles. The Hall–Kier alpha value is -5.77. The smallest absolute Gasteiger partial charge is 0.257 e. The van der Waals surface area contributed by atoms with Crippen LogP contribution >= 0.6 is 0 Å². The average Bonchev–Trinajstić information content (AvgIpc) is 3.65. The largest absolute Gasteiger partial charge is 0.496 e. The number of benzene rings is 2. The predicted octanol–water partition coefficient (Wildman–Crippen LogP) is 3.75. The summed E-state index contributed by atoms with van der Waals surface area (Å²) in [6.07, 6.45) is 11.7. The van der Waals surface area contributed by atoms with Gasteiger partial charge in [-0.25, -0.2) is 0 Å². The first-order valence-electron chi connectivity index (χ1n) is 20.2. The van der Waals surface area contributed by atoms with Crippen molar-refractivity contribution >= 4 is 57.4 Å². The lowest BCUT2D eigenvalue weighted by Crippen LogP contribution is -2.52. The summed E-state index contributed by atoms with van der Waals surface area (Å²) in [5.41, 5.74) is 10.2. The van der Waals surface area contributed by atoms with Gasteiger partial charge in [-0.3, -0.25) is 29.2 Å². The van der Waals surface area contributed by atoms with E-state index >= 15 is 0 Å². The quantitative estimate of drug-likeness (QED) is 0.171. The van der Waals surface area contributed by atoms with E-state index in [1.165, 1.54) is 25.8 Å². The standard InChI is InChI=1S/C41H51N11O5/c1-57-36-21-30(5-6-31(36)40(55)44-32-7-8-38(53)46-41(32)56)50-17-9-26(10-18-50)24-49-15-11-29(12-16-49)52-25-28-19-34(45-39(54)27-20-37(42)47-43-23-27)35(22-33(28)48-52)51-13-3-2-4-14-51/h5-6,19-23,25-26,29,32H,2-4,7-18,24H2,1H3,(H2,42,47)(H,44,55)(H,45,54)(H,46,53,56)/t32-/m0/s1. The third-order valence-corrected chi connectivity index (χ3v) is 11.9. The molecule has 0 bridgehead atoms. The van der Waals surface area contributed by atoms with E-state index in [1.807, 2.05) is 18.2 Å². The van der Waals surface area contributed by atoms with Crippen LogP contribution in [-0.2, 0) is 9.59 Å². The first-order chi connectivity index (χ1) is 27.7. The number of hydrogen-bond acceptors (Lipinski definition) is 12. The molecule has 8 rings (SSSR count). The van der Waals surface area contributed by atoms with E-state index in [2.05, 4.69) is 57.8 Å². The number of piperidine rings is 4. The number of hydrogen-bond donors (Lipinski definition) is 4. The summed E-state index contributed by atoms with van der Waals surface area (Å²) in [5.74, 6) is -0.228. The number of ether oxygens (including phenoxy) is 1. The number of nitrogens with zero attached hydrogens (tertiary/aromatic N) is 7. The summed E-state index contributed by atoms with van der Waals surface area (Å²) in [6.45, 7) is 6.82. The molecule has 2 aromatic carbocycles. The molecule has 0 unspecified atom stereocenters. The van der Waals surface area contributed by atoms with Gasteiger partial charge in [-0.05, 0) is 87.6 Å². The number of methoxy groups -OCH3 is 1. The van der Waals surface area contributed by atoms with E-state index in [0.29, 0.717) is 28.8 Å². The monoisotopic (exact) mass is 777 g/mol. The SMILES string of the molecule is COc1cc(N2CCC(CN3CCC(n4cc5cc(NC(=O)c6cnnc(N)c6)c(N6CCCCC6)cc5n4)CC3)CC2)ccc1C(=O)N[C@H]1CCC(=O)NC1=O. The number of imide groups is 1. The number of nitrogen functional groups attached to an aromatic ring is 1. The molecule has 0 saturated carbocycles. The summed E-state index contributed by atoms with van der Waals surface area (Å²) < 4.78 is 7.74. The van der Waals surface area contributed by atoms with Crippen molar-refractivity contribution in [2.45, 2.75) is 69.9 Å². The fourth-order valence-electron chi connectivity index (χ4n) is 8.70. The predicted molar refractivity (Wildman–Crippen MR) is 216 cm³/mol. The van der Waals surface area contributed by atoms with Gasteiger partial charge in [0.25, 0.3) is 11.8 Å². The maximum atomic E-state index is 13.3. The van der Waals surface area contributed by atoms with Gasteiger partial charge < -0.3 is 35.8 Å². The van der Waals surface area contributed by atoms with Crippen LogP contribution in [0.1, 0.15) is 84.5 Å². The van der Waals surface area contributed by atoms with Gasteiger partial charge in [0.2, 0.25) is 11.8 Å². The van der Waals surface area contributed by atoms with Crippen molar-refractivity contribution in [1.29, 1.82) is 0 Å². The van der Waals surface area contributed by atoms with Crippen molar-refractivity contribution < 1.29 is 23.9 Å². The van der Waals surface area contributed by atoms with Crippen LogP contribution in [0.5, 0.6) is 5.75 Å². The molecule has 5 N–H and O–H groups in total. The van der Waals surface area contributed by atoms with Crippen molar-refractivity contribution in [3.8, 4) is 5.75 Å². The van der Waals surface area contributed by atoms with E-state index in [4.69, 9.17) is 15.6 Å². The number of rotatable bonds is 10. The van der Waals surface area contributed by atoms with Gasteiger partial charge in [0.05, 0.1) is 47.4 Å². The Morgan fingerprint density at radius 2 is 1.70 bits per heavy atom. The van der Waals surface area contributed by atoms with Crippen molar-refractivity contribution in [2.24, 2.45) is 5.92 Å². The van der Waals surface area contributed by atoms with Crippen molar-refractivity contribution in [2.75, 3.05) is 73.8 Å². The lowest BCUT2D eigenvalue weighted by atomic mass is 9.94. The zero-order valence-electron chi connectivity index (χ0n) is 32.4. The van der Waals surface area contributed by atoms with E-state index in [9.17, 15) is 19.2 Å². The van der Waals surface area contributed by atoms with Crippen LogP contribution in [0.3, 0.4) is 0 Å². The minimum Gasteiger partial charge on any atom is -0.496 e. The number of carbonyl (C=O) groups is 4. The van der Waals surface area contributed by atoms with Crippen LogP contribution in [0, 0.1) is 5.92 Å². The molecule has 4 aliphatic heterocycles. The Balaban J connectivity index is 0.852. The van der Waals surface area contributed by atoms with Crippen LogP contribution in [0.4, 0.5) is 22.9 Å². The molecule has 4 aliphatic rings. The Kier molecular flexibility index (Phi) is 11.2. The number of nitrogens with one attached hydrogen (secondary N) is 3. The van der Waals surface area contributed by atoms with Crippen molar-refractivity contribution in [3.05, 3.63) is 59.9 Å². The molecule has 4 amide bonds. The third kappa shape index (κ3) is 8.65. The molecule has 0 aliphatic carbocycles. The molecular formula is C41H51N11O5. The number of anilines is 4. The molecular weight excluding hydrogens is 727 g/mol. The Bertz CT molecular complexity index is 2130. The minimum absolute atomic E-state index is 0.194. The average molecular weight is 778 g/mol. The topological polar surface area (TPSA) is 193 Å². The molecule has 16 heteroatoms. The highest BCUT2D eigenvalue weighted by atomic mass is 16.5. The van der Waals surface area contributed by atoms with Gasteiger partial charge in [-0.1, -0.05) is 0 Å². The third-order valence-electron chi connectivity index (χ3n) is 11.9. The highest BCUT2D eigenvalue weighted by molar-refractivity contribution is 6.08. The van der Waals surface area contributed by atoms with E-state index < -0.39 is 17.9 Å². The minimum atomic E-state index is -0.748. The van der Waals surface area contributed by atoms with Crippen LogP contribution in [0.2, 0.25) is 0 Å². The first kappa shape index (κ1) is 38.1. The van der Waals surface area contributed by atoms with Gasteiger partial charge in [0.15, 0.2) is 0 Å². The molecule has 57 heavy (non-hydrogen) atoms.